The molecule has 0 bridgehead atoms. The first-order valence-electron chi connectivity index (χ1n) is 9.51. The van der Waals surface area contributed by atoms with Crippen LogP contribution in [-0.4, -0.2) is 44.7 Å². The maximum Gasteiger partial charge on any atom is 0.241 e. The Kier molecular flexibility index (Phi) is 6.71. The number of hydrogen-bond donors (Lipinski definition) is 1. The molecule has 0 aliphatic carbocycles. The van der Waals surface area contributed by atoms with E-state index in [1.165, 1.54) is 0 Å². The molecule has 27 heavy (non-hydrogen) atoms. The van der Waals surface area contributed by atoms with Crippen molar-refractivity contribution in [1.82, 2.24) is 10.2 Å². The Morgan fingerprint density at radius 1 is 1.04 bits per heavy atom. The minimum atomic E-state index is -0.221. The van der Waals surface area contributed by atoms with Gasteiger partial charge >= 0.3 is 0 Å². The Morgan fingerprint density at radius 2 is 1.78 bits per heavy atom. The summed E-state index contributed by atoms with van der Waals surface area (Å²) in [5.74, 6) is 1.50. The van der Waals surface area contributed by atoms with Crippen LogP contribution in [0.5, 0.6) is 11.5 Å². The fourth-order valence-corrected chi connectivity index (χ4v) is 3.73. The molecule has 1 fully saturated rings. The lowest BCUT2D eigenvalue weighted by Crippen LogP contribution is -2.40. The molecular formula is C22H28N2O3. The van der Waals surface area contributed by atoms with E-state index < -0.39 is 0 Å². The van der Waals surface area contributed by atoms with E-state index in [9.17, 15) is 4.79 Å². The molecule has 3 rings (SSSR count). The molecule has 0 radical (unpaired) electrons. The van der Waals surface area contributed by atoms with Crippen LogP contribution in [0.25, 0.3) is 0 Å². The van der Waals surface area contributed by atoms with E-state index in [1.807, 2.05) is 48.5 Å². The zero-order chi connectivity index (χ0) is 19.1. The molecule has 144 valence electrons. The minimum absolute atomic E-state index is 0.0602. The summed E-state index contributed by atoms with van der Waals surface area (Å²) in [5, 5.41) is 3.12. The van der Waals surface area contributed by atoms with Gasteiger partial charge in [0.1, 0.15) is 6.04 Å². The lowest BCUT2D eigenvalue weighted by molar-refractivity contribution is -0.126. The Labute approximate surface area is 161 Å². The van der Waals surface area contributed by atoms with Crippen molar-refractivity contribution < 1.29 is 14.3 Å². The van der Waals surface area contributed by atoms with Gasteiger partial charge in [0.2, 0.25) is 5.91 Å². The van der Waals surface area contributed by atoms with Gasteiger partial charge in [-0.05, 0) is 49.5 Å². The van der Waals surface area contributed by atoms with Crippen LogP contribution in [0.3, 0.4) is 0 Å². The van der Waals surface area contributed by atoms with Gasteiger partial charge in [-0.2, -0.15) is 0 Å². The van der Waals surface area contributed by atoms with E-state index in [0.717, 1.165) is 42.8 Å². The monoisotopic (exact) mass is 368 g/mol. The quantitative estimate of drug-likeness (QED) is 0.777. The van der Waals surface area contributed by atoms with Crippen LogP contribution in [0.2, 0.25) is 0 Å². The summed E-state index contributed by atoms with van der Waals surface area (Å²) in [6.07, 6.45) is 2.99. The van der Waals surface area contributed by atoms with Crippen molar-refractivity contribution in [2.45, 2.75) is 25.3 Å². The van der Waals surface area contributed by atoms with Crippen LogP contribution in [0.4, 0.5) is 0 Å². The first kappa shape index (κ1) is 19.2. The minimum Gasteiger partial charge on any atom is -0.493 e. The van der Waals surface area contributed by atoms with Gasteiger partial charge in [0, 0.05) is 6.54 Å². The normalized spacial score (nSPS) is 15.3. The predicted octanol–water partition coefficient (Wildman–Crippen LogP) is 3.20. The number of ether oxygens (including phenoxy) is 2. The van der Waals surface area contributed by atoms with Crippen molar-refractivity contribution in [3.8, 4) is 11.5 Å². The number of hydrogen-bond acceptors (Lipinski definition) is 4. The molecule has 0 aromatic heterocycles. The third-order valence-electron chi connectivity index (χ3n) is 5.05. The highest BCUT2D eigenvalue weighted by atomic mass is 16.5. The summed E-state index contributed by atoms with van der Waals surface area (Å²) in [7, 11) is 3.27. The summed E-state index contributed by atoms with van der Waals surface area (Å²) in [5.41, 5.74) is 2.07. The van der Waals surface area contributed by atoms with Gasteiger partial charge in [0.15, 0.2) is 11.5 Å². The number of para-hydroxylation sites is 1. The zero-order valence-electron chi connectivity index (χ0n) is 16.1. The van der Waals surface area contributed by atoms with E-state index in [4.69, 9.17) is 9.47 Å². The third kappa shape index (κ3) is 4.61. The highest BCUT2D eigenvalue weighted by Crippen LogP contribution is 2.31. The summed E-state index contributed by atoms with van der Waals surface area (Å²) in [6.45, 7) is 2.49. The van der Waals surface area contributed by atoms with E-state index in [1.54, 1.807) is 14.2 Å². The molecule has 1 heterocycles. The van der Waals surface area contributed by atoms with E-state index >= 15 is 0 Å². The van der Waals surface area contributed by atoms with Crippen LogP contribution in [-0.2, 0) is 11.2 Å². The second-order valence-electron chi connectivity index (χ2n) is 6.75. The highest BCUT2D eigenvalue weighted by Gasteiger charge is 2.29. The summed E-state index contributed by atoms with van der Waals surface area (Å²) in [4.78, 5) is 15.3. The number of amides is 1. The molecule has 1 aliphatic rings. The average molecular weight is 368 g/mol. The van der Waals surface area contributed by atoms with Crippen molar-refractivity contribution in [2.24, 2.45) is 0 Å². The second-order valence-corrected chi connectivity index (χ2v) is 6.75. The molecule has 2 aromatic rings. The maximum absolute atomic E-state index is 13.0. The smallest absolute Gasteiger partial charge is 0.241 e. The Morgan fingerprint density at radius 3 is 2.44 bits per heavy atom. The average Bonchev–Trinajstić information content (AvgIpc) is 3.23. The molecule has 5 heteroatoms. The topological polar surface area (TPSA) is 50.8 Å². The summed E-state index contributed by atoms with van der Waals surface area (Å²) >= 11 is 0. The molecule has 1 saturated heterocycles. The molecule has 1 aliphatic heterocycles. The first-order valence-corrected chi connectivity index (χ1v) is 9.51. The van der Waals surface area contributed by atoms with Gasteiger partial charge in [0.05, 0.1) is 14.2 Å². The third-order valence-corrected chi connectivity index (χ3v) is 5.05. The lowest BCUT2D eigenvalue weighted by Gasteiger charge is -2.27. The summed E-state index contributed by atoms with van der Waals surface area (Å²) in [6, 6.07) is 15.6. The fourth-order valence-electron chi connectivity index (χ4n) is 3.73. The van der Waals surface area contributed by atoms with Crippen molar-refractivity contribution >= 4 is 5.91 Å². The van der Waals surface area contributed by atoms with Crippen LogP contribution < -0.4 is 14.8 Å². The van der Waals surface area contributed by atoms with Crippen LogP contribution in [0.1, 0.15) is 30.0 Å². The van der Waals surface area contributed by atoms with Crippen LogP contribution in [0, 0.1) is 0 Å². The molecule has 2 aromatic carbocycles. The predicted molar refractivity (Wildman–Crippen MR) is 106 cm³/mol. The lowest BCUT2D eigenvalue weighted by atomic mass is 10.0. The SMILES string of the molecule is COc1cccc(CCNC(=O)C(c2ccccc2)N2CCCC2)c1OC. The zero-order valence-corrected chi connectivity index (χ0v) is 16.1. The number of nitrogens with zero attached hydrogens (tertiary/aromatic N) is 1. The molecule has 1 N–H and O–H groups in total. The number of carbonyl (C=O) groups excluding carboxylic acids is 1. The van der Waals surface area contributed by atoms with E-state index in [-0.39, 0.29) is 11.9 Å². The van der Waals surface area contributed by atoms with Gasteiger partial charge in [0.25, 0.3) is 0 Å². The number of likely N-dealkylation sites (tertiary alicyclic amines) is 1. The molecule has 1 atom stereocenters. The second kappa shape index (κ2) is 9.42. The number of benzene rings is 2. The fraction of sp³-hybridized carbons (Fsp3) is 0.409. The van der Waals surface area contributed by atoms with Crippen LogP contribution >= 0.6 is 0 Å². The molecule has 5 nitrogen and oxygen atoms in total. The van der Waals surface area contributed by atoms with Gasteiger partial charge in [-0.1, -0.05) is 42.5 Å². The Bertz CT molecular complexity index is 742. The molecule has 1 unspecified atom stereocenters. The van der Waals surface area contributed by atoms with Crippen molar-refractivity contribution in [2.75, 3.05) is 33.9 Å². The Hall–Kier alpha value is -2.53. The molecular weight excluding hydrogens is 340 g/mol. The Balaban J connectivity index is 1.66. The van der Waals surface area contributed by atoms with Gasteiger partial charge in [-0.25, -0.2) is 0 Å². The highest BCUT2D eigenvalue weighted by molar-refractivity contribution is 5.83. The van der Waals surface area contributed by atoms with Crippen LogP contribution in [0.15, 0.2) is 48.5 Å². The van der Waals surface area contributed by atoms with Crippen molar-refractivity contribution in [3.63, 3.8) is 0 Å². The van der Waals surface area contributed by atoms with E-state index in [2.05, 4.69) is 10.2 Å². The first-order chi connectivity index (χ1) is 13.2. The largest absolute Gasteiger partial charge is 0.493 e. The van der Waals surface area contributed by atoms with Gasteiger partial charge in [-0.3, -0.25) is 9.69 Å². The van der Waals surface area contributed by atoms with E-state index in [0.29, 0.717) is 18.7 Å². The standard InChI is InChI=1S/C22H28N2O3/c1-26-19-12-8-11-18(21(19)27-2)13-14-23-22(25)20(24-15-6-7-16-24)17-9-4-3-5-10-17/h3-5,8-12,20H,6-7,13-16H2,1-2H3,(H,23,25). The number of nitrogens with one attached hydrogen (secondary N) is 1. The van der Waals surface area contributed by atoms with Gasteiger partial charge in [-0.15, -0.1) is 0 Å². The molecule has 0 spiro atoms. The summed E-state index contributed by atoms with van der Waals surface area (Å²) < 4.78 is 10.8. The molecule has 1 amide bonds. The number of rotatable bonds is 8. The molecule has 0 saturated carbocycles. The van der Waals surface area contributed by atoms with Crippen molar-refractivity contribution in [3.05, 3.63) is 59.7 Å². The number of carbonyl (C=O) groups is 1. The number of methoxy groups -OCH3 is 2. The maximum atomic E-state index is 13.0. The van der Waals surface area contributed by atoms with Gasteiger partial charge < -0.3 is 14.8 Å². The van der Waals surface area contributed by atoms with Crippen molar-refractivity contribution in [1.29, 1.82) is 0 Å².